The average molecular weight is 376 g/mol. The lowest BCUT2D eigenvalue weighted by Crippen LogP contribution is -2.33. The molecule has 0 saturated carbocycles. The number of anilines is 1. The zero-order valence-electron chi connectivity index (χ0n) is 14.5. The third-order valence-corrected chi connectivity index (χ3v) is 5.37. The molecule has 1 unspecified atom stereocenters. The number of methoxy groups -OCH3 is 1. The number of aromatic nitrogens is 4. The molecule has 0 spiro atoms. The fraction of sp³-hybridized carbons (Fsp3) is 0.312. The predicted molar refractivity (Wildman–Crippen MR) is 96.9 cm³/mol. The van der Waals surface area contributed by atoms with Gasteiger partial charge in [-0.2, -0.15) is 4.98 Å². The van der Waals surface area contributed by atoms with Crippen LogP contribution in [0.4, 0.5) is 5.95 Å². The van der Waals surface area contributed by atoms with Crippen molar-refractivity contribution in [2.24, 2.45) is 0 Å². The summed E-state index contributed by atoms with van der Waals surface area (Å²) in [5.41, 5.74) is 7.59. The molecule has 3 rings (SSSR count). The van der Waals surface area contributed by atoms with Gasteiger partial charge in [0.15, 0.2) is 5.65 Å². The highest BCUT2D eigenvalue weighted by atomic mass is 32.2. The fourth-order valence-electron chi connectivity index (χ4n) is 2.48. The summed E-state index contributed by atoms with van der Waals surface area (Å²) in [5, 5.41) is 4.06. The molecule has 10 heteroatoms. The van der Waals surface area contributed by atoms with Gasteiger partial charge in [-0.15, -0.1) is 5.10 Å². The number of nitrogens with two attached hydrogens (primary N) is 1. The van der Waals surface area contributed by atoms with E-state index in [4.69, 9.17) is 10.5 Å². The third-order valence-electron chi connectivity index (χ3n) is 3.82. The molecule has 0 radical (unpaired) electrons. The van der Waals surface area contributed by atoms with Crippen molar-refractivity contribution in [3.63, 3.8) is 0 Å². The second kappa shape index (κ2) is 7.36. The minimum absolute atomic E-state index is 0.0949. The Hall–Kier alpha value is -2.56. The van der Waals surface area contributed by atoms with E-state index in [0.717, 1.165) is 5.56 Å². The van der Waals surface area contributed by atoms with Crippen LogP contribution in [-0.2, 0) is 14.8 Å². The molecule has 0 fully saturated rings. The van der Waals surface area contributed by atoms with E-state index in [1.807, 2.05) is 6.07 Å². The number of nitrogens with one attached hydrogen (secondary N) is 1. The van der Waals surface area contributed by atoms with Crippen LogP contribution in [-0.4, -0.2) is 47.8 Å². The van der Waals surface area contributed by atoms with Gasteiger partial charge >= 0.3 is 0 Å². The van der Waals surface area contributed by atoms with Gasteiger partial charge in [0.05, 0.1) is 0 Å². The number of nitrogens with zero attached hydrogens (tertiary/aromatic N) is 4. The van der Waals surface area contributed by atoms with E-state index in [2.05, 4.69) is 19.8 Å². The Labute approximate surface area is 151 Å². The monoisotopic (exact) mass is 376 g/mol. The van der Waals surface area contributed by atoms with Crippen molar-refractivity contribution in [2.45, 2.75) is 24.3 Å². The number of rotatable bonds is 7. The van der Waals surface area contributed by atoms with Gasteiger partial charge in [-0.05, 0) is 31.5 Å². The first-order valence-corrected chi connectivity index (χ1v) is 9.46. The first-order chi connectivity index (χ1) is 12.4. The quantitative estimate of drug-likeness (QED) is 0.632. The summed E-state index contributed by atoms with van der Waals surface area (Å²) in [7, 11) is -2.10. The molecule has 26 heavy (non-hydrogen) atoms. The van der Waals surface area contributed by atoms with Crippen LogP contribution in [0.1, 0.15) is 13.3 Å². The molecule has 3 aromatic heterocycles. The van der Waals surface area contributed by atoms with Crippen molar-refractivity contribution in [2.75, 3.05) is 19.5 Å². The van der Waals surface area contributed by atoms with Gasteiger partial charge in [0.1, 0.15) is 4.90 Å². The highest BCUT2D eigenvalue weighted by Crippen LogP contribution is 2.22. The topological polar surface area (TPSA) is 124 Å². The van der Waals surface area contributed by atoms with Crippen LogP contribution in [0.3, 0.4) is 0 Å². The van der Waals surface area contributed by atoms with Gasteiger partial charge in [-0.1, -0.05) is 0 Å². The lowest BCUT2D eigenvalue weighted by molar-refractivity contribution is 0.188. The van der Waals surface area contributed by atoms with Crippen LogP contribution in [0.15, 0.2) is 41.7 Å². The molecule has 0 aliphatic carbocycles. The van der Waals surface area contributed by atoms with E-state index in [1.54, 1.807) is 38.6 Å². The smallest absolute Gasteiger partial charge is 0.242 e. The summed E-state index contributed by atoms with van der Waals surface area (Å²) in [4.78, 5) is 8.22. The zero-order chi connectivity index (χ0) is 18.7. The Balaban J connectivity index is 1.89. The number of fused-ring (bicyclic) bond motifs is 1. The molecule has 0 saturated heterocycles. The predicted octanol–water partition coefficient (Wildman–Crippen LogP) is 1.08. The molecule has 138 valence electrons. The molecule has 0 aliphatic rings. The van der Waals surface area contributed by atoms with E-state index < -0.39 is 10.0 Å². The third kappa shape index (κ3) is 3.98. The maximum Gasteiger partial charge on any atom is 0.242 e. The Bertz CT molecular complexity index is 1020. The highest BCUT2D eigenvalue weighted by molar-refractivity contribution is 7.89. The second-order valence-corrected chi connectivity index (χ2v) is 7.62. The maximum atomic E-state index is 12.6. The summed E-state index contributed by atoms with van der Waals surface area (Å²) < 4.78 is 34.3. The second-order valence-electron chi connectivity index (χ2n) is 5.90. The maximum absolute atomic E-state index is 12.6. The lowest BCUT2D eigenvalue weighted by Gasteiger charge is -2.14. The Morgan fingerprint density at radius 2 is 2.12 bits per heavy atom. The van der Waals surface area contributed by atoms with Crippen LogP contribution in [0.25, 0.3) is 16.8 Å². The highest BCUT2D eigenvalue weighted by Gasteiger charge is 2.18. The number of pyridine rings is 2. The normalized spacial score (nSPS) is 13.2. The molecular formula is C16H20N6O3S. The van der Waals surface area contributed by atoms with Crippen molar-refractivity contribution in [1.82, 2.24) is 24.3 Å². The van der Waals surface area contributed by atoms with E-state index in [-0.39, 0.29) is 16.9 Å². The first-order valence-electron chi connectivity index (χ1n) is 7.97. The first kappa shape index (κ1) is 18.2. The van der Waals surface area contributed by atoms with Gasteiger partial charge in [-0.25, -0.2) is 17.7 Å². The van der Waals surface area contributed by atoms with E-state index in [1.165, 1.54) is 10.7 Å². The number of hydrogen-bond acceptors (Lipinski definition) is 7. The minimum Gasteiger partial charge on any atom is -0.385 e. The molecule has 0 bridgehead atoms. The molecule has 3 heterocycles. The zero-order valence-corrected chi connectivity index (χ0v) is 15.3. The van der Waals surface area contributed by atoms with Crippen molar-refractivity contribution < 1.29 is 13.2 Å². The molecule has 0 aliphatic heterocycles. The van der Waals surface area contributed by atoms with Gasteiger partial charge in [0.2, 0.25) is 16.0 Å². The molecule has 0 amide bonds. The lowest BCUT2D eigenvalue weighted by atomic mass is 10.1. The fourth-order valence-corrected chi connectivity index (χ4v) is 3.75. The summed E-state index contributed by atoms with van der Waals surface area (Å²) >= 11 is 0. The SMILES string of the molecule is COCCC(C)NS(=O)(=O)c1cncc(-c2ccc3nc(N)nn3c2)c1. The van der Waals surface area contributed by atoms with Crippen LogP contribution >= 0.6 is 0 Å². The van der Waals surface area contributed by atoms with E-state index >= 15 is 0 Å². The van der Waals surface area contributed by atoms with E-state index in [9.17, 15) is 8.42 Å². The van der Waals surface area contributed by atoms with Gasteiger partial charge < -0.3 is 10.5 Å². The van der Waals surface area contributed by atoms with Crippen LogP contribution < -0.4 is 10.5 Å². The Kier molecular flexibility index (Phi) is 5.16. The summed E-state index contributed by atoms with van der Waals surface area (Å²) in [6.07, 6.45) is 5.21. The summed E-state index contributed by atoms with van der Waals surface area (Å²) in [6.45, 7) is 2.26. The largest absolute Gasteiger partial charge is 0.385 e. The van der Waals surface area contributed by atoms with Crippen molar-refractivity contribution in [3.05, 3.63) is 36.8 Å². The molecule has 9 nitrogen and oxygen atoms in total. The number of hydrogen-bond donors (Lipinski definition) is 2. The number of nitrogen functional groups attached to an aromatic ring is 1. The van der Waals surface area contributed by atoms with Crippen molar-refractivity contribution >= 4 is 21.6 Å². The van der Waals surface area contributed by atoms with Gasteiger partial charge in [0.25, 0.3) is 0 Å². The standard InChI is InChI=1S/C16H20N6O3S/c1-11(5-6-25-2)21-26(23,24)14-7-13(8-18-9-14)12-3-4-15-19-16(17)20-22(15)10-12/h3-4,7-11,21H,5-6H2,1-2H3,(H2,17,20). The van der Waals surface area contributed by atoms with E-state index in [0.29, 0.717) is 24.2 Å². The molecule has 3 aromatic rings. The summed E-state index contributed by atoms with van der Waals surface area (Å²) in [5.74, 6) is 0.172. The molecule has 1 atom stereocenters. The minimum atomic E-state index is -3.68. The number of sulfonamides is 1. The number of ether oxygens (including phenoxy) is 1. The Morgan fingerprint density at radius 1 is 1.31 bits per heavy atom. The molecule has 0 aromatic carbocycles. The van der Waals surface area contributed by atoms with Crippen molar-refractivity contribution in [3.8, 4) is 11.1 Å². The van der Waals surface area contributed by atoms with Crippen molar-refractivity contribution in [1.29, 1.82) is 0 Å². The molecule has 3 N–H and O–H groups in total. The Morgan fingerprint density at radius 3 is 2.88 bits per heavy atom. The van der Waals surface area contributed by atoms with Crippen LogP contribution in [0.2, 0.25) is 0 Å². The van der Waals surface area contributed by atoms with Gasteiger partial charge in [-0.3, -0.25) is 4.98 Å². The van der Waals surface area contributed by atoms with Crippen LogP contribution in [0.5, 0.6) is 0 Å². The average Bonchev–Trinajstić information content (AvgIpc) is 2.98. The van der Waals surface area contributed by atoms with Crippen LogP contribution in [0, 0.1) is 0 Å². The van der Waals surface area contributed by atoms with Gasteiger partial charge in [0, 0.05) is 49.5 Å². The summed E-state index contributed by atoms with van der Waals surface area (Å²) in [6, 6.07) is 4.88. The molecular weight excluding hydrogens is 356 g/mol.